The number of halogens is 1. The van der Waals surface area contributed by atoms with E-state index < -0.39 is 0 Å². The van der Waals surface area contributed by atoms with Crippen LogP contribution in [-0.4, -0.2) is 6.29 Å². The van der Waals surface area contributed by atoms with Gasteiger partial charge >= 0.3 is 0 Å². The number of carbonyl (C=O) groups is 1. The molecule has 0 saturated heterocycles. The number of hydrogen-bond acceptors (Lipinski definition) is 1. The van der Waals surface area contributed by atoms with Crippen molar-refractivity contribution in [1.82, 2.24) is 0 Å². The first-order valence-electron chi connectivity index (χ1n) is 4.41. The summed E-state index contributed by atoms with van der Waals surface area (Å²) in [4.78, 5) is 11.0. The topological polar surface area (TPSA) is 17.1 Å². The molecule has 0 saturated carbocycles. The Labute approximate surface area is 86.3 Å². The molecular weight excluding hydrogens is 228 g/mol. The minimum absolute atomic E-state index is 0.251. The number of rotatable bonds is 1. The van der Waals surface area contributed by atoms with Gasteiger partial charge < -0.3 is 4.79 Å². The average molecular weight is 239 g/mol. The second kappa shape index (κ2) is 2.95. The number of fused-ring (bicyclic) bond motifs is 1. The highest BCUT2D eigenvalue weighted by Crippen LogP contribution is 2.40. The van der Waals surface area contributed by atoms with Gasteiger partial charge in [-0.1, -0.05) is 28.1 Å². The number of benzene rings is 1. The van der Waals surface area contributed by atoms with Gasteiger partial charge in [-0.25, -0.2) is 0 Å². The van der Waals surface area contributed by atoms with Crippen LogP contribution in [0.15, 0.2) is 22.7 Å². The first-order chi connectivity index (χ1) is 6.17. The summed E-state index contributed by atoms with van der Waals surface area (Å²) in [7, 11) is 0. The number of carbonyl (C=O) groups excluding carboxylic acids is 1. The standard InChI is InChI=1S/C11H11BrO/c1-11(7-13)6-5-8-9(11)3-2-4-10(8)12/h2-4,7H,5-6H2,1H3/t11-/m1/s1. The summed E-state index contributed by atoms with van der Waals surface area (Å²) in [6.07, 6.45) is 3.02. The van der Waals surface area contributed by atoms with E-state index in [9.17, 15) is 4.79 Å². The zero-order valence-electron chi connectivity index (χ0n) is 7.51. The van der Waals surface area contributed by atoms with Crippen LogP contribution < -0.4 is 0 Å². The maximum absolute atomic E-state index is 11.0. The lowest BCUT2D eigenvalue weighted by molar-refractivity contribution is -0.112. The highest BCUT2D eigenvalue weighted by molar-refractivity contribution is 9.10. The van der Waals surface area contributed by atoms with E-state index in [1.165, 1.54) is 11.1 Å². The van der Waals surface area contributed by atoms with Crippen LogP contribution in [0.4, 0.5) is 0 Å². The van der Waals surface area contributed by atoms with Crippen LogP contribution in [0.1, 0.15) is 24.5 Å². The van der Waals surface area contributed by atoms with E-state index >= 15 is 0 Å². The third-order valence-corrected chi connectivity index (χ3v) is 3.63. The Morgan fingerprint density at radius 1 is 1.54 bits per heavy atom. The molecular formula is C11H11BrO. The molecule has 0 heterocycles. The summed E-state index contributed by atoms with van der Waals surface area (Å²) >= 11 is 3.51. The van der Waals surface area contributed by atoms with Crippen molar-refractivity contribution in [2.45, 2.75) is 25.2 Å². The monoisotopic (exact) mass is 238 g/mol. The smallest absolute Gasteiger partial charge is 0.130 e. The second-order valence-corrected chi connectivity index (χ2v) is 4.66. The molecule has 13 heavy (non-hydrogen) atoms. The van der Waals surface area contributed by atoms with Gasteiger partial charge in [0.05, 0.1) is 0 Å². The van der Waals surface area contributed by atoms with E-state index in [0.29, 0.717) is 0 Å². The largest absolute Gasteiger partial charge is 0.302 e. The van der Waals surface area contributed by atoms with Crippen LogP contribution in [0.5, 0.6) is 0 Å². The third-order valence-electron chi connectivity index (χ3n) is 2.89. The molecule has 1 aromatic rings. The summed E-state index contributed by atoms with van der Waals surface area (Å²) < 4.78 is 1.13. The molecule has 0 amide bonds. The van der Waals surface area contributed by atoms with Crippen molar-refractivity contribution >= 4 is 22.2 Å². The summed E-state index contributed by atoms with van der Waals surface area (Å²) in [5, 5.41) is 0. The Kier molecular flexibility index (Phi) is 2.03. The molecule has 2 rings (SSSR count). The van der Waals surface area contributed by atoms with Crippen LogP contribution in [0.3, 0.4) is 0 Å². The van der Waals surface area contributed by atoms with E-state index in [1.54, 1.807) is 0 Å². The zero-order valence-corrected chi connectivity index (χ0v) is 9.10. The minimum Gasteiger partial charge on any atom is -0.302 e. The highest BCUT2D eigenvalue weighted by Gasteiger charge is 2.34. The fourth-order valence-electron chi connectivity index (χ4n) is 1.99. The van der Waals surface area contributed by atoms with Gasteiger partial charge in [0.25, 0.3) is 0 Å². The van der Waals surface area contributed by atoms with Crippen molar-refractivity contribution in [3.8, 4) is 0 Å². The van der Waals surface area contributed by atoms with Crippen molar-refractivity contribution < 1.29 is 4.79 Å². The minimum atomic E-state index is -0.251. The Morgan fingerprint density at radius 3 is 3.00 bits per heavy atom. The zero-order chi connectivity index (χ0) is 9.47. The number of hydrogen-bond donors (Lipinski definition) is 0. The summed E-state index contributed by atoms with van der Waals surface area (Å²) in [6, 6.07) is 6.09. The molecule has 2 heteroatoms. The van der Waals surface area contributed by atoms with E-state index in [1.807, 2.05) is 19.1 Å². The van der Waals surface area contributed by atoms with Crippen molar-refractivity contribution in [2.75, 3.05) is 0 Å². The maximum atomic E-state index is 11.0. The van der Waals surface area contributed by atoms with Gasteiger partial charge in [0.1, 0.15) is 6.29 Å². The molecule has 1 atom stereocenters. The van der Waals surface area contributed by atoms with E-state index in [0.717, 1.165) is 23.6 Å². The highest BCUT2D eigenvalue weighted by atomic mass is 79.9. The van der Waals surface area contributed by atoms with Gasteiger partial charge in [-0.05, 0) is 37.0 Å². The summed E-state index contributed by atoms with van der Waals surface area (Å²) in [6.45, 7) is 2.01. The fourth-order valence-corrected chi connectivity index (χ4v) is 2.55. The molecule has 0 fully saturated rings. The van der Waals surface area contributed by atoms with Crippen LogP contribution in [-0.2, 0) is 16.6 Å². The van der Waals surface area contributed by atoms with Crippen LogP contribution >= 0.6 is 15.9 Å². The van der Waals surface area contributed by atoms with Crippen molar-refractivity contribution in [3.05, 3.63) is 33.8 Å². The normalized spacial score (nSPS) is 25.7. The first-order valence-corrected chi connectivity index (χ1v) is 5.21. The summed E-state index contributed by atoms with van der Waals surface area (Å²) in [5.41, 5.74) is 2.24. The SMILES string of the molecule is C[C@]1(C=O)CCc2c(Br)cccc21. The second-order valence-electron chi connectivity index (χ2n) is 3.80. The Bertz CT molecular complexity index is 359. The maximum Gasteiger partial charge on any atom is 0.130 e. The van der Waals surface area contributed by atoms with Gasteiger partial charge in [-0.2, -0.15) is 0 Å². The Hall–Kier alpha value is -0.630. The predicted octanol–water partition coefficient (Wildman–Crippen LogP) is 2.85. The first kappa shape index (κ1) is 8.95. The van der Waals surface area contributed by atoms with Crippen LogP contribution in [0.2, 0.25) is 0 Å². The van der Waals surface area contributed by atoms with Gasteiger partial charge in [0, 0.05) is 9.89 Å². The Balaban J connectivity index is 2.61. The molecule has 1 aromatic carbocycles. The molecule has 0 N–H and O–H groups in total. The van der Waals surface area contributed by atoms with Crippen LogP contribution in [0, 0.1) is 0 Å². The van der Waals surface area contributed by atoms with E-state index in [4.69, 9.17) is 0 Å². The van der Waals surface area contributed by atoms with Crippen molar-refractivity contribution in [1.29, 1.82) is 0 Å². The molecule has 0 unspecified atom stereocenters. The lowest BCUT2D eigenvalue weighted by atomic mass is 9.86. The molecule has 68 valence electrons. The van der Waals surface area contributed by atoms with Gasteiger partial charge in [-0.3, -0.25) is 0 Å². The lowest BCUT2D eigenvalue weighted by Gasteiger charge is -2.16. The van der Waals surface area contributed by atoms with Gasteiger partial charge in [0.2, 0.25) is 0 Å². The predicted molar refractivity (Wildman–Crippen MR) is 55.9 cm³/mol. The van der Waals surface area contributed by atoms with Crippen molar-refractivity contribution in [3.63, 3.8) is 0 Å². The van der Waals surface area contributed by atoms with Gasteiger partial charge in [0.15, 0.2) is 0 Å². The van der Waals surface area contributed by atoms with Crippen molar-refractivity contribution in [2.24, 2.45) is 0 Å². The average Bonchev–Trinajstić information content (AvgIpc) is 2.47. The van der Waals surface area contributed by atoms with Crippen LogP contribution in [0.25, 0.3) is 0 Å². The molecule has 1 aliphatic carbocycles. The molecule has 0 aromatic heterocycles. The third kappa shape index (κ3) is 1.24. The molecule has 0 aliphatic heterocycles. The van der Waals surface area contributed by atoms with E-state index in [2.05, 4.69) is 22.0 Å². The Morgan fingerprint density at radius 2 is 2.31 bits per heavy atom. The van der Waals surface area contributed by atoms with Gasteiger partial charge in [-0.15, -0.1) is 0 Å². The fraction of sp³-hybridized carbons (Fsp3) is 0.364. The summed E-state index contributed by atoms with van der Waals surface area (Å²) in [5.74, 6) is 0. The van der Waals surface area contributed by atoms with E-state index in [-0.39, 0.29) is 5.41 Å². The number of aldehydes is 1. The lowest BCUT2D eigenvalue weighted by Crippen LogP contribution is -2.19. The molecule has 1 aliphatic rings. The quantitative estimate of drug-likeness (QED) is 0.688. The molecule has 0 bridgehead atoms. The molecule has 0 radical (unpaired) electrons. The molecule has 1 nitrogen and oxygen atoms in total. The molecule has 0 spiro atoms.